The molecule has 1 saturated heterocycles. The van der Waals surface area contributed by atoms with Crippen LogP contribution in [-0.4, -0.2) is 23.4 Å². The van der Waals surface area contributed by atoms with Gasteiger partial charge in [-0.3, -0.25) is 9.69 Å². The molecule has 104 valence electrons. The van der Waals surface area contributed by atoms with Gasteiger partial charge in [-0.1, -0.05) is 0 Å². The number of halogens is 2. The average molecular weight is 279 g/mol. The predicted octanol–water partition coefficient (Wildman–Crippen LogP) is 1.65. The minimum atomic E-state index is -1.67. The molecule has 1 aromatic rings. The van der Waals surface area contributed by atoms with E-state index in [2.05, 4.69) is 5.32 Å². The standard InChI is InChI=1S/C13H11F2N3O2/c1-13(9-7-8(14)3-4-10(9)15)11(19)18(6-2-5-16)12(20)17-13/h3-4,7H,2,6H2,1H3,(H,17,20). The molecule has 7 heteroatoms. The van der Waals surface area contributed by atoms with Gasteiger partial charge in [0.1, 0.15) is 17.2 Å². The zero-order valence-corrected chi connectivity index (χ0v) is 10.6. The van der Waals surface area contributed by atoms with Gasteiger partial charge in [0, 0.05) is 12.1 Å². The van der Waals surface area contributed by atoms with Gasteiger partial charge in [-0.15, -0.1) is 0 Å². The normalized spacial score (nSPS) is 21.8. The van der Waals surface area contributed by atoms with E-state index in [1.54, 1.807) is 0 Å². The maximum absolute atomic E-state index is 13.8. The summed E-state index contributed by atoms with van der Waals surface area (Å²) in [6, 6.07) is 3.79. The maximum atomic E-state index is 13.8. The van der Waals surface area contributed by atoms with Gasteiger partial charge in [-0.25, -0.2) is 13.6 Å². The highest BCUT2D eigenvalue weighted by molar-refractivity contribution is 6.07. The SMILES string of the molecule is CC1(c2cc(F)ccc2F)NC(=O)N(CCC#N)C1=O. The fourth-order valence-electron chi connectivity index (χ4n) is 2.13. The molecule has 1 fully saturated rings. The summed E-state index contributed by atoms with van der Waals surface area (Å²) in [6.07, 6.45) is -0.0269. The molecular formula is C13H11F2N3O2. The van der Waals surface area contributed by atoms with Crippen LogP contribution in [0.2, 0.25) is 0 Å². The Balaban J connectivity index is 2.41. The lowest BCUT2D eigenvalue weighted by Gasteiger charge is -2.22. The minimum absolute atomic E-state index is 0.0269. The first kappa shape index (κ1) is 13.9. The first-order valence-corrected chi connectivity index (χ1v) is 5.86. The van der Waals surface area contributed by atoms with Gasteiger partial charge >= 0.3 is 6.03 Å². The highest BCUT2D eigenvalue weighted by Gasteiger charge is 2.50. The van der Waals surface area contributed by atoms with Crippen molar-refractivity contribution in [1.82, 2.24) is 10.2 Å². The molecule has 0 aromatic heterocycles. The largest absolute Gasteiger partial charge is 0.325 e. The molecule has 1 heterocycles. The van der Waals surface area contributed by atoms with Gasteiger partial charge in [0.05, 0.1) is 12.5 Å². The van der Waals surface area contributed by atoms with Crippen LogP contribution in [0.4, 0.5) is 13.6 Å². The molecule has 2 rings (SSSR count). The number of hydrogen-bond donors (Lipinski definition) is 1. The Morgan fingerprint density at radius 3 is 2.75 bits per heavy atom. The lowest BCUT2D eigenvalue weighted by Crippen LogP contribution is -2.41. The van der Waals surface area contributed by atoms with Crippen LogP contribution in [0.3, 0.4) is 0 Å². The minimum Gasteiger partial charge on any atom is -0.319 e. The second-order valence-corrected chi connectivity index (χ2v) is 4.54. The van der Waals surface area contributed by atoms with E-state index in [1.165, 1.54) is 6.92 Å². The van der Waals surface area contributed by atoms with Gasteiger partial charge < -0.3 is 5.32 Å². The van der Waals surface area contributed by atoms with Gasteiger partial charge in [-0.05, 0) is 25.1 Å². The van der Waals surface area contributed by atoms with Crippen LogP contribution < -0.4 is 5.32 Å². The zero-order valence-electron chi connectivity index (χ0n) is 10.6. The van der Waals surface area contributed by atoms with Crippen LogP contribution in [0, 0.1) is 23.0 Å². The third kappa shape index (κ3) is 2.09. The molecular weight excluding hydrogens is 268 g/mol. The number of amides is 3. The highest BCUT2D eigenvalue weighted by Crippen LogP contribution is 2.31. The molecule has 5 nitrogen and oxygen atoms in total. The van der Waals surface area contributed by atoms with Crippen molar-refractivity contribution < 1.29 is 18.4 Å². The Bertz CT molecular complexity index is 627. The summed E-state index contributed by atoms with van der Waals surface area (Å²) in [4.78, 5) is 24.8. The first-order chi connectivity index (χ1) is 9.40. The second-order valence-electron chi connectivity index (χ2n) is 4.54. The van der Waals surface area contributed by atoms with Crippen molar-refractivity contribution in [3.63, 3.8) is 0 Å². The van der Waals surface area contributed by atoms with Gasteiger partial charge in [0.25, 0.3) is 5.91 Å². The molecule has 3 amide bonds. The Labute approximate surface area is 113 Å². The highest BCUT2D eigenvalue weighted by atomic mass is 19.1. The molecule has 1 unspecified atom stereocenters. The molecule has 0 radical (unpaired) electrons. The van der Waals surface area contributed by atoms with E-state index in [-0.39, 0.29) is 18.5 Å². The molecule has 1 aromatic carbocycles. The van der Waals surface area contributed by atoms with Crippen LogP contribution in [0.1, 0.15) is 18.9 Å². The number of carbonyl (C=O) groups excluding carboxylic acids is 2. The Hall–Kier alpha value is -2.49. The molecule has 20 heavy (non-hydrogen) atoms. The lowest BCUT2D eigenvalue weighted by molar-refractivity contribution is -0.131. The molecule has 1 atom stereocenters. The number of hydrogen-bond acceptors (Lipinski definition) is 3. The molecule has 1 aliphatic heterocycles. The van der Waals surface area contributed by atoms with Gasteiger partial charge in [0.15, 0.2) is 0 Å². The number of nitriles is 1. The topological polar surface area (TPSA) is 73.2 Å². The number of urea groups is 1. The summed E-state index contributed by atoms with van der Waals surface area (Å²) in [6.45, 7) is 1.21. The number of nitrogens with zero attached hydrogens (tertiary/aromatic N) is 2. The van der Waals surface area contributed by atoms with Crippen molar-refractivity contribution in [3.05, 3.63) is 35.4 Å². The van der Waals surface area contributed by atoms with E-state index >= 15 is 0 Å². The Morgan fingerprint density at radius 2 is 2.10 bits per heavy atom. The van der Waals surface area contributed by atoms with Gasteiger partial charge in [0.2, 0.25) is 0 Å². The Morgan fingerprint density at radius 1 is 1.40 bits per heavy atom. The van der Waals surface area contributed by atoms with Crippen molar-refractivity contribution in [3.8, 4) is 6.07 Å². The van der Waals surface area contributed by atoms with E-state index < -0.39 is 29.1 Å². The van der Waals surface area contributed by atoms with Crippen molar-refractivity contribution >= 4 is 11.9 Å². The van der Waals surface area contributed by atoms with Crippen molar-refractivity contribution in [2.45, 2.75) is 18.9 Å². The summed E-state index contributed by atoms with van der Waals surface area (Å²) in [5, 5.41) is 10.8. The quantitative estimate of drug-likeness (QED) is 0.855. The second kappa shape index (κ2) is 4.89. The maximum Gasteiger partial charge on any atom is 0.325 e. The zero-order chi connectivity index (χ0) is 14.9. The van der Waals surface area contributed by atoms with E-state index in [4.69, 9.17) is 5.26 Å². The van der Waals surface area contributed by atoms with Crippen molar-refractivity contribution in [2.75, 3.05) is 6.54 Å². The molecule has 1 aliphatic rings. The molecule has 0 spiro atoms. The van der Waals surface area contributed by atoms with Crippen LogP contribution >= 0.6 is 0 Å². The molecule has 1 N–H and O–H groups in total. The summed E-state index contributed by atoms with van der Waals surface area (Å²) >= 11 is 0. The van der Waals surface area contributed by atoms with Crippen molar-refractivity contribution in [1.29, 1.82) is 5.26 Å². The summed E-state index contributed by atoms with van der Waals surface area (Å²) in [5.74, 6) is -2.20. The Kier molecular flexibility index (Phi) is 3.40. The monoisotopic (exact) mass is 279 g/mol. The molecule has 0 saturated carbocycles. The summed E-state index contributed by atoms with van der Waals surface area (Å²) < 4.78 is 27.1. The predicted molar refractivity (Wildman–Crippen MR) is 64.2 cm³/mol. The fraction of sp³-hybridized carbons (Fsp3) is 0.308. The van der Waals surface area contributed by atoms with Crippen LogP contribution in [0.5, 0.6) is 0 Å². The third-order valence-electron chi connectivity index (χ3n) is 3.19. The fourth-order valence-corrected chi connectivity index (χ4v) is 2.13. The van der Waals surface area contributed by atoms with Crippen LogP contribution in [0.25, 0.3) is 0 Å². The van der Waals surface area contributed by atoms with Crippen LogP contribution in [-0.2, 0) is 10.3 Å². The summed E-state index contributed by atoms with van der Waals surface area (Å²) in [7, 11) is 0. The smallest absolute Gasteiger partial charge is 0.319 e. The summed E-state index contributed by atoms with van der Waals surface area (Å²) in [5.41, 5.74) is -1.91. The number of carbonyl (C=O) groups is 2. The first-order valence-electron chi connectivity index (χ1n) is 5.86. The lowest BCUT2D eigenvalue weighted by atomic mass is 9.91. The van der Waals surface area contributed by atoms with E-state index in [1.807, 2.05) is 6.07 Å². The molecule has 0 bridgehead atoms. The van der Waals surface area contributed by atoms with E-state index in [9.17, 15) is 18.4 Å². The average Bonchev–Trinajstić information content (AvgIpc) is 2.62. The van der Waals surface area contributed by atoms with E-state index in [0.717, 1.165) is 23.1 Å². The number of imide groups is 1. The number of rotatable bonds is 3. The van der Waals surface area contributed by atoms with E-state index in [0.29, 0.717) is 0 Å². The van der Waals surface area contributed by atoms with Gasteiger partial charge in [-0.2, -0.15) is 5.26 Å². The van der Waals surface area contributed by atoms with Crippen molar-refractivity contribution in [2.24, 2.45) is 0 Å². The van der Waals surface area contributed by atoms with Crippen LogP contribution in [0.15, 0.2) is 18.2 Å². The molecule has 0 aliphatic carbocycles. The number of nitrogens with one attached hydrogen (secondary N) is 1. The third-order valence-corrected chi connectivity index (χ3v) is 3.19. The number of benzene rings is 1.